The lowest BCUT2D eigenvalue weighted by Crippen LogP contribution is -2.50. The number of halogens is 1. The van der Waals surface area contributed by atoms with Crippen LogP contribution in [0, 0.1) is 18.2 Å². The maximum absolute atomic E-state index is 13.7. The summed E-state index contributed by atoms with van der Waals surface area (Å²) in [5.74, 6) is 0.117. The molecule has 3 aromatic carbocycles. The summed E-state index contributed by atoms with van der Waals surface area (Å²) in [6.45, 7) is 2.74. The van der Waals surface area contributed by atoms with Gasteiger partial charge in [-0.05, 0) is 61.2 Å². The second-order valence-corrected chi connectivity index (χ2v) is 11.8. The maximum atomic E-state index is 13.7. The lowest BCUT2D eigenvalue weighted by atomic mass is 9.78. The van der Waals surface area contributed by atoms with Gasteiger partial charge in [0.2, 0.25) is 15.9 Å². The zero-order chi connectivity index (χ0) is 26.5. The Labute approximate surface area is 218 Å². The molecule has 3 aromatic rings. The first-order valence-corrected chi connectivity index (χ1v) is 13.8. The number of nitrogens with zero attached hydrogens (tertiary/aromatic N) is 2. The van der Waals surface area contributed by atoms with Crippen molar-refractivity contribution in [3.63, 3.8) is 0 Å². The van der Waals surface area contributed by atoms with Crippen molar-refractivity contribution >= 4 is 15.9 Å². The summed E-state index contributed by atoms with van der Waals surface area (Å²) in [6, 6.07) is 22.8. The molecule has 1 aliphatic heterocycles. The molecule has 0 unspecified atom stereocenters. The Morgan fingerprint density at radius 1 is 1.05 bits per heavy atom. The van der Waals surface area contributed by atoms with Gasteiger partial charge in [0.1, 0.15) is 11.6 Å². The zero-order valence-electron chi connectivity index (χ0n) is 21.3. The SMILES string of the molecule is Cc1cc(F)ccc1S(=O)(=O)N1CCC[C@@](COc2ccccc2)(CC(=O)N(C)Cc2ccccc2)C1. The van der Waals surface area contributed by atoms with E-state index in [0.717, 1.165) is 11.6 Å². The average molecular weight is 525 g/mol. The largest absolute Gasteiger partial charge is 0.493 e. The topological polar surface area (TPSA) is 66.9 Å². The molecule has 0 radical (unpaired) electrons. The predicted molar refractivity (Wildman–Crippen MR) is 141 cm³/mol. The molecule has 4 rings (SSSR count). The molecule has 0 aromatic heterocycles. The standard InChI is InChI=1S/C29H33FN2O4S/c1-23-18-25(30)14-15-27(23)37(34,35)32-17-9-16-29(21-32,22-36-26-12-7-4-8-13-26)19-28(33)31(2)20-24-10-5-3-6-11-24/h3-8,10-15,18H,9,16-17,19-22H2,1-2H3/t29-/m1/s1. The van der Waals surface area contributed by atoms with Crippen LogP contribution in [0.25, 0.3) is 0 Å². The van der Waals surface area contributed by atoms with Crippen LogP contribution in [0.3, 0.4) is 0 Å². The summed E-state index contributed by atoms with van der Waals surface area (Å²) in [5.41, 5.74) is 0.667. The molecule has 1 fully saturated rings. The molecule has 37 heavy (non-hydrogen) atoms. The average Bonchev–Trinajstić information content (AvgIpc) is 2.88. The fourth-order valence-electron chi connectivity index (χ4n) is 4.88. The number of aryl methyl sites for hydroxylation is 1. The monoisotopic (exact) mass is 524 g/mol. The number of carbonyl (C=O) groups excluding carboxylic acids is 1. The van der Waals surface area contributed by atoms with Crippen molar-refractivity contribution in [2.24, 2.45) is 5.41 Å². The molecule has 1 amide bonds. The van der Waals surface area contributed by atoms with Crippen LogP contribution >= 0.6 is 0 Å². The number of amides is 1. The highest BCUT2D eigenvalue weighted by Crippen LogP contribution is 2.38. The van der Waals surface area contributed by atoms with Crippen LogP contribution in [0.1, 0.15) is 30.4 Å². The van der Waals surface area contributed by atoms with Crippen LogP contribution in [0.2, 0.25) is 0 Å². The van der Waals surface area contributed by atoms with Crippen LogP contribution in [0.15, 0.2) is 83.8 Å². The van der Waals surface area contributed by atoms with Gasteiger partial charge in [-0.2, -0.15) is 4.31 Å². The van der Waals surface area contributed by atoms with Crippen molar-refractivity contribution in [3.8, 4) is 5.75 Å². The Morgan fingerprint density at radius 3 is 2.41 bits per heavy atom. The van der Waals surface area contributed by atoms with Gasteiger partial charge >= 0.3 is 0 Å². The van der Waals surface area contributed by atoms with Gasteiger partial charge in [0.25, 0.3) is 0 Å². The molecule has 1 saturated heterocycles. The van der Waals surface area contributed by atoms with E-state index in [1.807, 2.05) is 60.7 Å². The van der Waals surface area contributed by atoms with Gasteiger partial charge in [0.05, 0.1) is 11.5 Å². The number of hydrogen-bond donors (Lipinski definition) is 0. The van der Waals surface area contributed by atoms with Gasteiger partial charge < -0.3 is 9.64 Å². The minimum atomic E-state index is -3.88. The first kappa shape index (κ1) is 26.8. The first-order valence-electron chi connectivity index (χ1n) is 12.4. The molecule has 0 aliphatic carbocycles. The van der Waals surface area contributed by atoms with E-state index < -0.39 is 21.3 Å². The number of para-hydroxylation sites is 1. The second kappa shape index (κ2) is 11.4. The summed E-state index contributed by atoms with van der Waals surface area (Å²) in [5, 5.41) is 0. The Hall–Kier alpha value is -3.23. The Morgan fingerprint density at radius 2 is 1.73 bits per heavy atom. The van der Waals surface area contributed by atoms with E-state index in [9.17, 15) is 17.6 Å². The lowest BCUT2D eigenvalue weighted by Gasteiger charge is -2.42. The quantitative estimate of drug-likeness (QED) is 0.394. The van der Waals surface area contributed by atoms with Crippen molar-refractivity contribution < 1.29 is 22.3 Å². The third kappa shape index (κ3) is 6.56. The van der Waals surface area contributed by atoms with Gasteiger partial charge in [-0.3, -0.25) is 4.79 Å². The maximum Gasteiger partial charge on any atom is 0.243 e. The Bertz CT molecular complexity index is 1320. The van der Waals surface area contributed by atoms with E-state index in [-0.39, 0.29) is 30.4 Å². The summed E-state index contributed by atoms with van der Waals surface area (Å²) in [4.78, 5) is 15.2. The molecule has 1 heterocycles. The normalized spacial score (nSPS) is 18.4. The molecule has 1 atom stereocenters. The molecule has 0 spiro atoms. The molecule has 196 valence electrons. The van der Waals surface area contributed by atoms with Crippen molar-refractivity contribution in [2.75, 3.05) is 26.7 Å². The zero-order valence-corrected chi connectivity index (χ0v) is 22.1. The number of piperidine rings is 1. The van der Waals surface area contributed by atoms with Crippen LogP contribution in [-0.4, -0.2) is 50.3 Å². The molecule has 8 heteroatoms. The summed E-state index contributed by atoms with van der Waals surface area (Å²) in [7, 11) is -2.12. The minimum Gasteiger partial charge on any atom is -0.493 e. The number of sulfonamides is 1. The number of rotatable bonds is 9. The lowest BCUT2D eigenvalue weighted by molar-refractivity contribution is -0.134. The van der Waals surface area contributed by atoms with Gasteiger partial charge in [0, 0.05) is 38.5 Å². The third-order valence-electron chi connectivity index (χ3n) is 6.88. The fraction of sp³-hybridized carbons (Fsp3) is 0.345. The highest BCUT2D eigenvalue weighted by atomic mass is 32.2. The van der Waals surface area contributed by atoms with E-state index >= 15 is 0 Å². The number of benzene rings is 3. The minimum absolute atomic E-state index is 0.0716. The first-order chi connectivity index (χ1) is 17.7. The van der Waals surface area contributed by atoms with E-state index in [1.54, 1.807) is 18.9 Å². The van der Waals surface area contributed by atoms with Gasteiger partial charge in [-0.15, -0.1) is 0 Å². The molecule has 1 aliphatic rings. The Balaban J connectivity index is 1.58. The smallest absolute Gasteiger partial charge is 0.243 e. The molecular weight excluding hydrogens is 491 g/mol. The van der Waals surface area contributed by atoms with Crippen molar-refractivity contribution in [3.05, 3.63) is 95.8 Å². The molecular formula is C29H33FN2O4S. The Kier molecular flexibility index (Phi) is 8.29. The fourth-order valence-corrected chi connectivity index (χ4v) is 6.67. The highest BCUT2D eigenvalue weighted by Gasteiger charge is 2.43. The molecule has 6 nitrogen and oxygen atoms in total. The molecule has 0 N–H and O–H groups in total. The highest BCUT2D eigenvalue weighted by molar-refractivity contribution is 7.89. The van der Waals surface area contributed by atoms with Crippen LogP contribution in [0.5, 0.6) is 5.75 Å². The summed E-state index contributed by atoms with van der Waals surface area (Å²) >= 11 is 0. The summed E-state index contributed by atoms with van der Waals surface area (Å²) in [6.07, 6.45) is 1.39. The van der Waals surface area contributed by atoms with Crippen LogP contribution in [0.4, 0.5) is 4.39 Å². The van der Waals surface area contributed by atoms with Gasteiger partial charge in [-0.1, -0.05) is 48.5 Å². The van der Waals surface area contributed by atoms with Crippen LogP contribution in [-0.2, 0) is 21.4 Å². The predicted octanol–water partition coefficient (Wildman–Crippen LogP) is 5.03. The van der Waals surface area contributed by atoms with E-state index in [4.69, 9.17) is 4.74 Å². The second-order valence-electron chi connectivity index (χ2n) is 9.87. The van der Waals surface area contributed by atoms with Crippen molar-refractivity contribution in [1.29, 1.82) is 0 Å². The molecule has 0 saturated carbocycles. The van der Waals surface area contributed by atoms with E-state index in [0.29, 0.717) is 37.2 Å². The third-order valence-corrected chi connectivity index (χ3v) is 8.89. The van der Waals surface area contributed by atoms with Crippen molar-refractivity contribution in [2.45, 2.75) is 37.6 Å². The number of hydrogen-bond acceptors (Lipinski definition) is 4. The van der Waals surface area contributed by atoms with E-state index in [2.05, 4.69) is 0 Å². The number of ether oxygens (including phenoxy) is 1. The van der Waals surface area contributed by atoms with E-state index in [1.165, 1.54) is 16.4 Å². The summed E-state index contributed by atoms with van der Waals surface area (Å²) < 4.78 is 48.4. The van der Waals surface area contributed by atoms with Gasteiger partial charge in [0.15, 0.2) is 0 Å². The number of carbonyl (C=O) groups is 1. The molecule has 0 bridgehead atoms. The van der Waals surface area contributed by atoms with Crippen LogP contribution < -0.4 is 4.74 Å². The van der Waals surface area contributed by atoms with Crippen molar-refractivity contribution in [1.82, 2.24) is 9.21 Å². The van der Waals surface area contributed by atoms with Gasteiger partial charge in [-0.25, -0.2) is 12.8 Å².